The summed E-state index contributed by atoms with van der Waals surface area (Å²) in [6.45, 7) is 1.19. The van der Waals surface area contributed by atoms with Gasteiger partial charge in [0.05, 0.1) is 0 Å². The van der Waals surface area contributed by atoms with E-state index in [1.165, 1.54) is 50.9 Å². The van der Waals surface area contributed by atoms with E-state index in [0.717, 1.165) is 16.4 Å². The summed E-state index contributed by atoms with van der Waals surface area (Å²) in [4.78, 5) is 7.11. The first-order valence-electron chi connectivity index (χ1n) is 6.73. The summed E-state index contributed by atoms with van der Waals surface area (Å²) in [7, 11) is 0. The molecule has 1 aliphatic carbocycles. The molecular formula is C14H19BrN2. The molecule has 2 heterocycles. The number of anilines is 1. The molecule has 92 valence electrons. The van der Waals surface area contributed by atoms with E-state index in [-0.39, 0.29) is 0 Å². The maximum atomic E-state index is 4.56. The fourth-order valence-corrected chi connectivity index (χ4v) is 3.68. The van der Waals surface area contributed by atoms with Gasteiger partial charge >= 0.3 is 0 Å². The van der Waals surface area contributed by atoms with Crippen molar-refractivity contribution < 1.29 is 0 Å². The van der Waals surface area contributed by atoms with Gasteiger partial charge in [-0.3, -0.25) is 0 Å². The lowest BCUT2D eigenvalue weighted by Gasteiger charge is -2.30. The summed E-state index contributed by atoms with van der Waals surface area (Å²) in [5.74, 6) is 2.09. The van der Waals surface area contributed by atoms with Crippen molar-refractivity contribution in [1.29, 1.82) is 0 Å². The molecule has 2 fully saturated rings. The van der Waals surface area contributed by atoms with Gasteiger partial charge in [0.15, 0.2) is 0 Å². The third-order valence-electron chi connectivity index (χ3n) is 4.25. The van der Waals surface area contributed by atoms with Gasteiger partial charge in [0.25, 0.3) is 0 Å². The van der Waals surface area contributed by atoms with E-state index in [1.807, 2.05) is 6.20 Å². The van der Waals surface area contributed by atoms with E-state index in [0.29, 0.717) is 0 Å². The minimum atomic E-state index is 0.756. The molecule has 1 saturated carbocycles. The first kappa shape index (κ1) is 11.5. The van der Waals surface area contributed by atoms with E-state index >= 15 is 0 Å². The molecule has 1 unspecified atom stereocenters. The van der Waals surface area contributed by atoms with Crippen molar-refractivity contribution in [2.45, 2.75) is 44.6 Å². The van der Waals surface area contributed by atoms with Crippen LogP contribution in [0.5, 0.6) is 0 Å². The number of rotatable bonds is 2. The molecule has 2 aliphatic rings. The molecule has 0 amide bonds. The quantitative estimate of drug-likeness (QED) is 0.819. The van der Waals surface area contributed by atoms with Gasteiger partial charge in [-0.1, -0.05) is 12.8 Å². The molecule has 1 aromatic rings. The minimum Gasteiger partial charge on any atom is -0.353 e. The molecule has 0 radical (unpaired) electrons. The second-order valence-electron chi connectivity index (χ2n) is 5.28. The lowest BCUT2D eigenvalue weighted by molar-refractivity contribution is 0.429. The van der Waals surface area contributed by atoms with Crippen LogP contribution in [0.15, 0.2) is 22.8 Å². The molecule has 0 spiro atoms. The fourth-order valence-electron chi connectivity index (χ4n) is 3.45. The van der Waals surface area contributed by atoms with Crippen molar-refractivity contribution in [3.05, 3.63) is 22.8 Å². The monoisotopic (exact) mass is 294 g/mol. The highest BCUT2D eigenvalue weighted by Crippen LogP contribution is 2.37. The predicted octanol–water partition coefficient (Wildman–Crippen LogP) is 4.00. The Bertz CT molecular complexity index is 370. The molecule has 1 aromatic heterocycles. The minimum absolute atomic E-state index is 0.756. The van der Waals surface area contributed by atoms with Gasteiger partial charge in [0.2, 0.25) is 0 Å². The van der Waals surface area contributed by atoms with Crippen LogP contribution in [0.25, 0.3) is 0 Å². The Morgan fingerprint density at radius 2 is 1.94 bits per heavy atom. The van der Waals surface area contributed by atoms with Gasteiger partial charge in [-0.25, -0.2) is 4.98 Å². The number of hydrogen-bond acceptors (Lipinski definition) is 2. The lowest BCUT2D eigenvalue weighted by Crippen LogP contribution is -2.35. The molecule has 1 saturated heterocycles. The average Bonchev–Trinajstić information content (AvgIpc) is 3.00. The van der Waals surface area contributed by atoms with Crippen molar-refractivity contribution in [3.8, 4) is 0 Å². The normalized spacial score (nSPS) is 25.7. The zero-order valence-corrected chi connectivity index (χ0v) is 11.7. The highest BCUT2D eigenvalue weighted by molar-refractivity contribution is 9.10. The van der Waals surface area contributed by atoms with Crippen molar-refractivity contribution >= 4 is 21.7 Å². The zero-order valence-electron chi connectivity index (χ0n) is 10.1. The third-order valence-corrected chi connectivity index (χ3v) is 4.72. The Labute approximate surface area is 112 Å². The molecule has 0 bridgehead atoms. The molecule has 3 heteroatoms. The Morgan fingerprint density at radius 3 is 2.65 bits per heavy atom. The number of halogens is 1. The van der Waals surface area contributed by atoms with Crippen LogP contribution >= 0.6 is 15.9 Å². The number of pyridine rings is 1. The van der Waals surface area contributed by atoms with E-state index in [2.05, 4.69) is 37.9 Å². The Kier molecular flexibility index (Phi) is 3.37. The van der Waals surface area contributed by atoms with Crippen molar-refractivity contribution in [3.63, 3.8) is 0 Å². The predicted molar refractivity (Wildman–Crippen MR) is 74.3 cm³/mol. The summed E-state index contributed by atoms with van der Waals surface area (Å²) in [6, 6.07) is 5.01. The van der Waals surface area contributed by atoms with Crippen LogP contribution in [0.3, 0.4) is 0 Å². The molecule has 3 rings (SSSR count). The van der Waals surface area contributed by atoms with Crippen LogP contribution in [0.4, 0.5) is 5.82 Å². The van der Waals surface area contributed by atoms with E-state index in [1.54, 1.807) is 0 Å². The highest BCUT2D eigenvalue weighted by atomic mass is 79.9. The summed E-state index contributed by atoms with van der Waals surface area (Å²) < 4.78 is 1.07. The second kappa shape index (κ2) is 4.97. The van der Waals surface area contributed by atoms with Crippen LogP contribution in [0.2, 0.25) is 0 Å². The maximum Gasteiger partial charge on any atom is 0.128 e. The molecular weight excluding hydrogens is 276 g/mol. The Hall–Kier alpha value is -0.570. The van der Waals surface area contributed by atoms with Gasteiger partial charge in [-0.2, -0.15) is 0 Å². The van der Waals surface area contributed by atoms with Gasteiger partial charge in [-0.05, 0) is 59.7 Å². The molecule has 1 aliphatic heterocycles. The summed E-state index contributed by atoms with van der Waals surface area (Å²) in [6.07, 6.45) is 10.3. The Balaban J connectivity index is 1.78. The number of nitrogens with zero attached hydrogens (tertiary/aromatic N) is 2. The molecule has 0 aromatic carbocycles. The third kappa shape index (κ3) is 2.35. The van der Waals surface area contributed by atoms with Crippen molar-refractivity contribution in [2.75, 3.05) is 11.4 Å². The summed E-state index contributed by atoms with van der Waals surface area (Å²) in [5, 5.41) is 0. The zero-order chi connectivity index (χ0) is 11.7. The number of aromatic nitrogens is 1. The van der Waals surface area contributed by atoms with E-state index < -0.39 is 0 Å². The molecule has 2 nitrogen and oxygen atoms in total. The standard InChI is InChI=1S/C14H19BrN2/c15-12-7-8-14(16-10-12)17-9-3-6-13(17)11-4-1-2-5-11/h7-8,10-11,13H,1-6,9H2. The van der Waals surface area contributed by atoms with Crippen LogP contribution in [-0.2, 0) is 0 Å². The average molecular weight is 295 g/mol. The number of hydrogen-bond donors (Lipinski definition) is 0. The van der Waals surface area contributed by atoms with Gasteiger partial charge in [0.1, 0.15) is 5.82 Å². The highest BCUT2D eigenvalue weighted by Gasteiger charge is 2.33. The fraction of sp³-hybridized carbons (Fsp3) is 0.643. The summed E-state index contributed by atoms with van der Waals surface area (Å²) in [5.41, 5.74) is 0. The van der Waals surface area contributed by atoms with E-state index in [9.17, 15) is 0 Å². The van der Waals surface area contributed by atoms with Crippen molar-refractivity contribution in [1.82, 2.24) is 4.98 Å². The van der Waals surface area contributed by atoms with Crippen LogP contribution < -0.4 is 4.90 Å². The molecule has 0 N–H and O–H groups in total. The SMILES string of the molecule is Brc1ccc(N2CCCC2C2CCCC2)nc1. The smallest absolute Gasteiger partial charge is 0.128 e. The lowest BCUT2D eigenvalue weighted by atomic mass is 9.96. The van der Waals surface area contributed by atoms with Crippen LogP contribution in [0.1, 0.15) is 38.5 Å². The largest absolute Gasteiger partial charge is 0.353 e. The Morgan fingerprint density at radius 1 is 1.12 bits per heavy atom. The first-order valence-corrected chi connectivity index (χ1v) is 7.52. The first-order chi connectivity index (χ1) is 8.34. The maximum absolute atomic E-state index is 4.56. The van der Waals surface area contributed by atoms with Gasteiger partial charge in [-0.15, -0.1) is 0 Å². The van der Waals surface area contributed by atoms with Gasteiger partial charge in [0, 0.05) is 23.3 Å². The van der Waals surface area contributed by atoms with Crippen LogP contribution in [0, 0.1) is 5.92 Å². The van der Waals surface area contributed by atoms with Crippen molar-refractivity contribution in [2.24, 2.45) is 5.92 Å². The summed E-state index contributed by atoms with van der Waals surface area (Å²) >= 11 is 3.45. The van der Waals surface area contributed by atoms with Crippen LogP contribution in [-0.4, -0.2) is 17.6 Å². The second-order valence-corrected chi connectivity index (χ2v) is 6.20. The topological polar surface area (TPSA) is 16.1 Å². The molecule has 1 atom stereocenters. The van der Waals surface area contributed by atoms with E-state index in [4.69, 9.17) is 0 Å². The molecule has 17 heavy (non-hydrogen) atoms. The van der Waals surface area contributed by atoms with Gasteiger partial charge < -0.3 is 4.90 Å².